The number of aliphatic imine (C=N–C) groups is 1. The zero-order chi connectivity index (χ0) is 13.5. The number of rotatable bonds is 4. The van der Waals surface area contributed by atoms with Crippen LogP contribution in [0.5, 0.6) is 0 Å². The average Bonchev–Trinajstić information content (AvgIpc) is 2.11. The molecule has 0 atom stereocenters. The van der Waals surface area contributed by atoms with Crippen LogP contribution in [0.1, 0.15) is 12.8 Å². The quantitative estimate of drug-likeness (QED) is 0.464. The summed E-state index contributed by atoms with van der Waals surface area (Å²) in [6.07, 6.45) is -10.8. The Labute approximate surface area is 94.3 Å². The third-order valence-corrected chi connectivity index (χ3v) is 1.63. The van der Waals surface area contributed by atoms with Crippen LogP contribution in [0.15, 0.2) is 4.99 Å². The van der Waals surface area contributed by atoms with Gasteiger partial charge in [-0.3, -0.25) is 4.99 Å². The van der Waals surface area contributed by atoms with Gasteiger partial charge in [-0.25, -0.2) is 0 Å². The lowest BCUT2D eigenvalue weighted by Gasteiger charge is -2.13. The van der Waals surface area contributed by atoms with Gasteiger partial charge in [0.05, 0.1) is 12.8 Å². The number of hydrogen-bond donors (Lipinski definition) is 2. The van der Waals surface area contributed by atoms with Crippen LogP contribution in [0, 0.1) is 0 Å². The van der Waals surface area contributed by atoms with Gasteiger partial charge in [0.1, 0.15) is 0 Å². The van der Waals surface area contributed by atoms with Crippen molar-refractivity contribution in [1.82, 2.24) is 10.6 Å². The Kier molecular flexibility index (Phi) is 6.11. The summed E-state index contributed by atoms with van der Waals surface area (Å²) in [5.41, 5.74) is 0. The number of hydrogen-bond acceptors (Lipinski definition) is 1. The molecule has 0 aromatic rings. The molecule has 0 aromatic carbocycles. The lowest BCUT2D eigenvalue weighted by atomic mass is 10.4. The first kappa shape index (κ1) is 15.9. The number of nitrogens with one attached hydrogen (secondary N) is 2. The van der Waals surface area contributed by atoms with Crippen molar-refractivity contribution in [2.75, 3.05) is 20.1 Å². The number of alkyl halides is 6. The zero-order valence-corrected chi connectivity index (χ0v) is 9.04. The Bertz CT molecular complexity index is 223. The second kappa shape index (κ2) is 6.55. The Balaban J connectivity index is 3.80. The summed E-state index contributed by atoms with van der Waals surface area (Å²) in [6.45, 7) is -0.871. The van der Waals surface area contributed by atoms with Crippen LogP contribution >= 0.6 is 0 Å². The first-order valence-electron chi connectivity index (χ1n) is 4.72. The summed E-state index contributed by atoms with van der Waals surface area (Å²) in [4.78, 5) is 3.49. The van der Waals surface area contributed by atoms with Gasteiger partial charge in [0.15, 0.2) is 5.96 Å². The molecule has 0 unspecified atom stereocenters. The zero-order valence-electron chi connectivity index (χ0n) is 9.04. The molecule has 0 aromatic heterocycles. The molecule has 0 radical (unpaired) electrons. The van der Waals surface area contributed by atoms with Crippen molar-refractivity contribution in [2.24, 2.45) is 4.99 Å². The van der Waals surface area contributed by atoms with E-state index in [0.29, 0.717) is 0 Å². The summed E-state index contributed by atoms with van der Waals surface area (Å²) in [7, 11) is 1.26. The van der Waals surface area contributed by atoms with E-state index in [0.717, 1.165) is 0 Å². The summed E-state index contributed by atoms with van der Waals surface area (Å²) >= 11 is 0. The van der Waals surface area contributed by atoms with E-state index in [1.165, 1.54) is 7.05 Å². The van der Waals surface area contributed by atoms with E-state index >= 15 is 0 Å². The second-order valence-corrected chi connectivity index (χ2v) is 3.16. The van der Waals surface area contributed by atoms with Crippen molar-refractivity contribution < 1.29 is 26.3 Å². The van der Waals surface area contributed by atoms with E-state index in [-0.39, 0.29) is 5.96 Å². The van der Waals surface area contributed by atoms with Crippen molar-refractivity contribution in [1.29, 1.82) is 0 Å². The van der Waals surface area contributed by atoms with E-state index in [2.05, 4.69) is 15.6 Å². The molecule has 0 saturated carbocycles. The largest absolute Gasteiger partial charge is 0.390 e. The molecule has 0 aliphatic rings. The van der Waals surface area contributed by atoms with Gasteiger partial charge >= 0.3 is 12.4 Å². The fourth-order valence-corrected chi connectivity index (χ4v) is 0.866. The fourth-order valence-electron chi connectivity index (χ4n) is 0.866. The molecule has 102 valence electrons. The molecule has 0 aliphatic carbocycles. The van der Waals surface area contributed by atoms with Gasteiger partial charge in [-0.2, -0.15) is 26.3 Å². The molecule has 3 nitrogen and oxygen atoms in total. The van der Waals surface area contributed by atoms with Crippen LogP contribution < -0.4 is 10.6 Å². The Morgan fingerprint density at radius 3 is 1.47 bits per heavy atom. The Morgan fingerprint density at radius 1 is 0.882 bits per heavy atom. The average molecular weight is 265 g/mol. The molecule has 0 spiro atoms. The van der Waals surface area contributed by atoms with Crippen LogP contribution in [0.4, 0.5) is 26.3 Å². The summed E-state index contributed by atoms with van der Waals surface area (Å²) < 4.78 is 70.6. The topological polar surface area (TPSA) is 36.4 Å². The highest BCUT2D eigenvalue weighted by molar-refractivity contribution is 5.79. The predicted octanol–water partition coefficient (Wildman–Crippen LogP) is 2.06. The maximum absolute atomic E-state index is 11.8. The molecule has 0 bridgehead atoms. The summed E-state index contributed by atoms with van der Waals surface area (Å²) in [5.74, 6) is -0.0847. The number of halogens is 6. The molecule has 0 fully saturated rings. The molecular weight excluding hydrogens is 252 g/mol. The van der Waals surface area contributed by atoms with Crippen LogP contribution in [0.25, 0.3) is 0 Å². The highest BCUT2D eigenvalue weighted by atomic mass is 19.4. The van der Waals surface area contributed by atoms with Crippen molar-refractivity contribution in [3.8, 4) is 0 Å². The first-order chi connectivity index (χ1) is 7.64. The lowest BCUT2D eigenvalue weighted by Crippen LogP contribution is -2.40. The summed E-state index contributed by atoms with van der Waals surface area (Å²) in [6, 6.07) is 0. The molecule has 0 saturated heterocycles. The molecule has 2 N–H and O–H groups in total. The molecule has 0 amide bonds. The minimum Gasteiger partial charge on any atom is -0.356 e. The van der Waals surface area contributed by atoms with Crippen LogP contribution in [-0.2, 0) is 0 Å². The molecule has 17 heavy (non-hydrogen) atoms. The molecular formula is C8H13F6N3. The minimum absolute atomic E-state index is 0.0847. The van der Waals surface area contributed by atoms with Gasteiger partial charge in [0.2, 0.25) is 0 Å². The van der Waals surface area contributed by atoms with Crippen LogP contribution in [0.2, 0.25) is 0 Å². The standard InChI is InChI=1S/C8H13F6N3/c1-15-6(16-4-2-7(9,10)11)17-5-3-8(12,13)14/h2-5H2,1H3,(H2,15,16,17). The van der Waals surface area contributed by atoms with Gasteiger partial charge in [-0.1, -0.05) is 0 Å². The van der Waals surface area contributed by atoms with Gasteiger partial charge < -0.3 is 10.6 Å². The third-order valence-electron chi connectivity index (χ3n) is 1.63. The number of nitrogens with zero attached hydrogens (tertiary/aromatic N) is 1. The monoisotopic (exact) mass is 265 g/mol. The summed E-state index contributed by atoms with van der Waals surface area (Å²) in [5, 5.41) is 4.53. The van der Waals surface area contributed by atoms with Crippen molar-refractivity contribution >= 4 is 5.96 Å². The van der Waals surface area contributed by atoms with Crippen LogP contribution in [-0.4, -0.2) is 38.4 Å². The van der Waals surface area contributed by atoms with Gasteiger partial charge in [-0.15, -0.1) is 0 Å². The van der Waals surface area contributed by atoms with Gasteiger partial charge in [0.25, 0.3) is 0 Å². The second-order valence-electron chi connectivity index (χ2n) is 3.16. The maximum atomic E-state index is 11.8. The highest BCUT2D eigenvalue weighted by Gasteiger charge is 2.27. The van der Waals surface area contributed by atoms with Crippen LogP contribution in [0.3, 0.4) is 0 Å². The highest BCUT2D eigenvalue weighted by Crippen LogP contribution is 2.18. The smallest absolute Gasteiger partial charge is 0.356 e. The Morgan fingerprint density at radius 2 is 1.24 bits per heavy atom. The van der Waals surface area contributed by atoms with E-state index in [4.69, 9.17) is 0 Å². The van der Waals surface area contributed by atoms with Gasteiger partial charge in [0, 0.05) is 20.1 Å². The minimum atomic E-state index is -4.31. The fraction of sp³-hybridized carbons (Fsp3) is 0.875. The molecule has 0 aliphatic heterocycles. The molecule has 9 heteroatoms. The van der Waals surface area contributed by atoms with E-state index in [1.807, 2.05) is 0 Å². The van der Waals surface area contributed by atoms with E-state index in [1.54, 1.807) is 0 Å². The predicted molar refractivity (Wildman–Crippen MR) is 50.7 cm³/mol. The lowest BCUT2D eigenvalue weighted by molar-refractivity contribution is -0.133. The van der Waals surface area contributed by atoms with E-state index < -0.39 is 38.3 Å². The van der Waals surface area contributed by atoms with Crippen molar-refractivity contribution in [3.05, 3.63) is 0 Å². The maximum Gasteiger partial charge on any atom is 0.390 e. The Hall–Kier alpha value is -1.15. The SMILES string of the molecule is CN=C(NCCC(F)(F)F)NCCC(F)(F)F. The van der Waals surface area contributed by atoms with Crippen molar-refractivity contribution in [3.63, 3.8) is 0 Å². The first-order valence-corrected chi connectivity index (χ1v) is 4.72. The van der Waals surface area contributed by atoms with Crippen molar-refractivity contribution in [2.45, 2.75) is 25.2 Å². The molecule has 0 rings (SSSR count). The normalized spacial score (nSPS) is 12.2. The number of guanidine groups is 1. The molecule has 0 heterocycles. The third kappa shape index (κ3) is 11.1. The van der Waals surface area contributed by atoms with Gasteiger partial charge in [-0.05, 0) is 0 Å². The van der Waals surface area contributed by atoms with E-state index in [9.17, 15) is 26.3 Å².